The first-order valence-corrected chi connectivity index (χ1v) is 6.67. The average Bonchev–Trinajstić information content (AvgIpc) is 2.64. The Hall–Kier alpha value is -1.16. The van der Waals surface area contributed by atoms with Crippen LogP contribution in [-0.2, 0) is 9.53 Å². The van der Waals surface area contributed by atoms with Crippen LogP contribution < -0.4 is 0 Å². The first-order valence-electron chi connectivity index (χ1n) is 5.72. The lowest BCUT2D eigenvalue weighted by atomic mass is 9.88. The third kappa shape index (κ3) is 3.16. The Morgan fingerprint density at radius 2 is 2.00 bits per heavy atom. The van der Waals surface area contributed by atoms with Crippen molar-refractivity contribution in [1.82, 2.24) is 0 Å². The summed E-state index contributed by atoms with van der Waals surface area (Å²) in [5.74, 6) is -1.29. The van der Waals surface area contributed by atoms with E-state index in [4.69, 9.17) is 4.74 Å². The van der Waals surface area contributed by atoms with Crippen LogP contribution in [-0.4, -0.2) is 18.4 Å². The molecule has 0 aliphatic heterocycles. The quantitative estimate of drug-likeness (QED) is 0.461. The molecule has 1 atom stereocenters. The molecule has 0 spiro atoms. The molecule has 0 aliphatic carbocycles. The smallest absolute Gasteiger partial charge is 0.317 e. The molecule has 1 aromatic heterocycles. The molecule has 0 bridgehead atoms. The number of ether oxygens (including phenoxy) is 1. The minimum absolute atomic E-state index is 0.0548. The highest BCUT2D eigenvalue weighted by Crippen LogP contribution is 2.23. The molecule has 4 heteroatoms. The number of ketones is 1. The number of carbonyl (C=O) groups is 2. The van der Waals surface area contributed by atoms with Crippen LogP contribution in [0.3, 0.4) is 0 Å². The molecule has 3 nitrogen and oxygen atoms in total. The molecule has 17 heavy (non-hydrogen) atoms. The molecule has 0 fully saturated rings. The molecule has 0 N–H and O–H groups in total. The van der Waals surface area contributed by atoms with Crippen LogP contribution >= 0.6 is 11.3 Å². The Kier molecular flexibility index (Phi) is 4.87. The van der Waals surface area contributed by atoms with E-state index in [1.54, 1.807) is 12.3 Å². The van der Waals surface area contributed by atoms with E-state index in [0.29, 0.717) is 12.2 Å². The van der Waals surface area contributed by atoms with Crippen LogP contribution in [0.1, 0.15) is 36.7 Å². The van der Waals surface area contributed by atoms with E-state index in [9.17, 15) is 9.59 Å². The summed E-state index contributed by atoms with van der Waals surface area (Å²) in [5, 5.41) is 3.71. The number of hydrogen-bond acceptors (Lipinski definition) is 4. The maximum atomic E-state index is 12.3. The van der Waals surface area contributed by atoms with Gasteiger partial charge in [0.1, 0.15) is 5.92 Å². The number of esters is 1. The minimum Gasteiger partial charge on any atom is -0.465 e. The van der Waals surface area contributed by atoms with E-state index in [-0.39, 0.29) is 11.7 Å². The topological polar surface area (TPSA) is 43.4 Å². The van der Waals surface area contributed by atoms with Crippen molar-refractivity contribution in [2.45, 2.75) is 27.7 Å². The van der Waals surface area contributed by atoms with E-state index < -0.39 is 11.9 Å². The summed E-state index contributed by atoms with van der Waals surface area (Å²) in [4.78, 5) is 24.1. The number of aryl methyl sites for hydroxylation is 1. The second-order valence-corrected chi connectivity index (χ2v) is 5.05. The molecule has 0 aliphatic rings. The number of carbonyl (C=O) groups excluding carboxylic acids is 2. The molecule has 1 heterocycles. The van der Waals surface area contributed by atoms with Gasteiger partial charge in [-0.15, -0.1) is 0 Å². The molecule has 1 aromatic rings. The zero-order valence-corrected chi connectivity index (χ0v) is 11.5. The summed E-state index contributed by atoms with van der Waals surface area (Å²) in [6.45, 7) is 7.65. The van der Waals surface area contributed by atoms with Crippen LogP contribution in [0, 0.1) is 18.8 Å². The van der Waals surface area contributed by atoms with Crippen LogP contribution in [0.2, 0.25) is 0 Å². The number of Topliss-reactive ketones (excluding diaryl/α,β-unsaturated/α-hetero) is 1. The predicted molar refractivity (Wildman–Crippen MR) is 68.3 cm³/mol. The van der Waals surface area contributed by atoms with Crippen molar-refractivity contribution in [2.24, 2.45) is 11.8 Å². The maximum absolute atomic E-state index is 12.3. The summed E-state index contributed by atoms with van der Waals surface area (Å²) in [5.41, 5.74) is 1.57. The van der Waals surface area contributed by atoms with Gasteiger partial charge in [0.2, 0.25) is 0 Å². The summed E-state index contributed by atoms with van der Waals surface area (Å²) in [6, 6.07) is 0. The van der Waals surface area contributed by atoms with Crippen molar-refractivity contribution >= 4 is 23.1 Å². The fourth-order valence-electron chi connectivity index (χ4n) is 1.69. The zero-order valence-electron chi connectivity index (χ0n) is 10.6. The van der Waals surface area contributed by atoms with Crippen LogP contribution in [0.15, 0.2) is 10.8 Å². The molecule has 0 saturated carbocycles. The van der Waals surface area contributed by atoms with Gasteiger partial charge in [-0.1, -0.05) is 13.8 Å². The van der Waals surface area contributed by atoms with Crippen molar-refractivity contribution in [3.63, 3.8) is 0 Å². The summed E-state index contributed by atoms with van der Waals surface area (Å²) >= 11 is 1.48. The SMILES string of the molecule is CCOC(=O)C(C(=O)c1cscc1C)C(C)C. The van der Waals surface area contributed by atoms with Crippen molar-refractivity contribution in [3.8, 4) is 0 Å². The molecular weight excluding hydrogens is 236 g/mol. The Morgan fingerprint density at radius 1 is 1.35 bits per heavy atom. The van der Waals surface area contributed by atoms with Crippen molar-refractivity contribution in [2.75, 3.05) is 6.61 Å². The van der Waals surface area contributed by atoms with Gasteiger partial charge in [-0.25, -0.2) is 0 Å². The lowest BCUT2D eigenvalue weighted by Crippen LogP contribution is -2.30. The second kappa shape index (κ2) is 5.96. The van der Waals surface area contributed by atoms with Crippen LogP contribution in [0.4, 0.5) is 0 Å². The monoisotopic (exact) mass is 254 g/mol. The van der Waals surface area contributed by atoms with Gasteiger partial charge in [-0.2, -0.15) is 11.3 Å². The third-order valence-corrected chi connectivity index (χ3v) is 3.47. The normalized spacial score (nSPS) is 12.5. The number of hydrogen-bond donors (Lipinski definition) is 0. The van der Waals surface area contributed by atoms with Crippen molar-refractivity contribution in [1.29, 1.82) is 0 Å². The Balaban J connectivity index is 2.96. The highest BCUT2D eigenvalue weighted by Gasteiger charge is 2.32. The van der Waals surface area contributed by atoms with Gasteiger partial charge in [0.05, 0.1) is 6.61 Å². The van der Waals surface area contributed by atoms with E-state index >= 15 is 0 Å². The first kappa shape index (κ1) is 13.9. The van der Waals surface area contributed by atoms with Gasteiger partial charge < -0.3 is 4.74 Å². The van der Waals surface area contributed by atoms with Gasteiger partial charge in [-0.05, 0) is 30.7 Å². The molecule has 0 saturated heterocycles. The van der Waals surface area contributed by atoms with Gasteiger partial charge in [0.15, 0.2) is 5.78 Å². The summed E-state index contributed by atoms with van der Waals surface area (Å²) < 4.78 is 4.97. The second-order valence-electron chi connectivity index (χ2n) is 4.31. The third-order valence-electron chi connectivity index (χ3n) is 2.61. The first-order chi connectivity index (χ1) is 7.99. The average molecular weight is 254 g/mol. The fraction of sp³-hybridized carbons (Fsp3) is 0.538. The van der Waals surface area contributed by atoms with E-state index in [1.165, 1.54) is 11.3 Å². The van der Waals surface area contributed by atoms with Gasteiger partial charge in [0, 0.05) is 10.9 Å². The maximum Gasteiger partial charge on any atom is 0.317 e. The molecular formula is C13H18O3S. The highest BCUT2D eigenvalue weighted by molar-refractivity contribution is 7.08. The molecule has 1 rings (SSSR count). The molecule has 0 radical (unpaired) electrons. The summed E-state index contributed by atoms with van der Waals surface area (Å²) in [7, 11) is 0. The number of rotatable bonds is 5. The minimum atomic E-state index is -0.691. The van der Waals surface area contributed by atoms with E-state index in [0.717, 1.165) is 5.56 Å². The van der Waals surface area contributed by atoms with Crippen LogP contribution in [0.25, 0.3) is 0 Å². The van der Waals surface area contributed by atoms with Crippen LogP contribution in [0.5, 0.6) is 0 Å². The van der Waals surface area contributed by atoms with E-state index in [2.05, 4.69) is 0 Å². The molecule has 1 unspecified atom stereocenters. The summed E-state index contributed by atoms with van der Waals surface area (Å²) in [6.07, 6.45) is 0. The van der Waals surface area contributed by atoms with Gasteiger partial charge >= 0.3 is 5.97 Å². The van der Waals surface area contributed by atoms with Gasteiger partial charge in [-0.3, -0.25) is 9.59 Å². The predicted octanol–water partition coefficient (Wildman–Crippen LogP) is 3.07. The van der Waals surface area contributed by atoms with Crippen molar-refractivity contribution < 1.29 is 14.3 Å². The fourth-order valence-corrected chi connectivity index (χ4v) is 2.53. The molecule has 0 amide bonds. The number of thiophene rings is 1. The Labute approximate surface area is 106 Å². The standard InChI is InChI=1S/C13H18O3S/c1-5-16-13(15)11(8(2)3)12(14)10-7-17-6-9(10)4/h6-8,11H,5H2,1-4H3. The van der Waals surface area contributed by atoms with Gasteiger partial charge in [0.25, 0.3) is 0 Å². The Bertz CT molecular complexity index is 407. The zero-order chi connectivity index (χ0) is 13.0. The highest BCUT2D eigenvalue weighted by atomic mass is 32.1. The molecule has 0 aromatic carbocycles. The van der Waals surface area contributed by atoms with Crippen molar-refractivity contribution in [3.05, 3.63) is 21.9 Å². The van der Waals surface area contributed by atoms with E-state index in [1.807, 2.05) is 26.2 Å². The Morgan fingerprint density at radius 3 is 2.41 bits per heavy atom. The molecule has 94 valence electrons. The lowest BCUT2D eigenvalue weighted by Gasteiger charge is -2.17. The largest absolute Gasteiger partial charge is 0.465 e. The lowest BCUT2D eigenvalue weighted by molar-refractivity contribution is -0.147.